The Morgan fingerprint density at radius 3 is 2.48 bits per heavy atom. The molecule has 0 aliphatic carbocycles. The largest absolute Gasteiger partial charge is 0.480 e. The standard InChI is InChI=1S/C15H16N2O4/c16-9-11-6-7-13(21-11)14(18)17-12(15(19)20)8-10-4-2-1-3-5-10/h1-7,12H,8-9,16H2,(H,17,18)(H,19,20)/t12-/m0/s1. The van der Waals surface area contributed by atoms with Crippen LogP contribution in [0.25, 0.3) is 0 Å². The molecule has 0 spiro atoms. The second kappa shape index (κ2) is 6.71. The Labute approximate surface area is 121 Å². The highest BCUT2D eigenvalue weighted by molar-refractivity contribution is 5.94. The number of nitrogens with one attached hydrogen (secondary N) is 1. The molecule has 4 N–H and O–H groups in total. The highest BCUT2D eigenvalue weighted by atomic mass is 16.4. The summed E-state index contributed by atoms with van der Waals surface area (Å²) >= 11 is 0. The second-order valence-electron chi connectivity index (χ2n) is 4.52. The fourth-order valence-corrected chi connectivity index (χ4v) is 1.89. The monoisotopic (exact) mass is 288 g/mol. The van der Waals surface area contributed by atoms with Crippen LogP contribution in [0.5, 0.6) is 0 Å². The molecule has 0 aliphatic heterocycles. The molecule has 21 heavy (non-hydrogen) atoms. The third-order valence-electron chi connectivity index (χ3n) is 2.97. The minimum atomic E-state index is -1.10. The van der Waals surface area contributed by atoms with Crippen LogP contribution < -0.4 is 11.1 Å². The van der Waals surface area contributed by atoms with Gasteiger partial charge in [0.25, 0.3) is 5.91 Å². The van der Waals surface area contributed by atoms with Crippen LogP contribution in [0.15, 0.2) is 46.9 Å². The van der Waals surface area contributed by atoms with Crippen molar-refractivity contribution in [3.05, 3.63) is 59.5 Å². The summed E-state index contributed by atoms with van der Waals surface area (Å²) in [6.07, 6.45) is 0.201. The van der Waals surface area contributed by atoms with E-state index in [0.717, 1.165) is 5.56 Å². The molecule has 0 aliphatic rings. The lowest BCUT2D eigenvalue weighted by molar-refractivity contribution is -0.139. The molecule has 1 aromatic heterocycles. The van der Waals surface area contributed by atoms with Gasteiger partial charge < -0.3 is 20.6 Å². The van der Waals surface area contributed by atoms with Gasteiger partial charge in [0.2, 0.25) is 0 Å². The van der Waals surface area contributed by atoms with Crippen molar-refractivity contribution >= 4 is 11.9 Å². The Morgan fingerprint density at radius 1 is 1.19 bits per heavy atom. The summed E-state index contributed by atoms with van der Waals surface area (Å²) in [5.41, 5.74) is 6.22. The first kappa shape index (κ1) is 14.8. The summed E-state index contributed by atoms with van der Waals surface area (Å²) < 4.78 is 5.20. The first-order valence-electron chi connectivity index (χ1n) is 6.46. The van der Waals surface area contributed by atoms with Gasteiger partial charge >= 0.3 is 5.97 Å². The molecule has 110 valence electrons. The summed E-state index contributed by atoms with van der Waals surface area (Å²) in [4.78, 5) is 23.2. The van der Waals surface area contributed by atoms with Gasteiger partial charge in [0.15, 0.2) is 5.76 Å². The highest BCUT2D eigenvalue weighted by Crippen LogP contribution is 2.09. The Balaban J connectivity index is 2.05. The van der Waals surface area contributed by atoms with Crippen LogP contribution in [-0.2, 0) is 17.8 Å². The topological polar surface area (TPSA) is 106 Å². The molecule has 0 saturated heterocycles. The molecule has 0 fully saturated rings. The van der Waals surface area contributed by atoms with Crippen LogP contribution in [0.3, 0.4) is 0 Å². The molecule has 0 unspecified atom stereocenters. The number of aliphatic carboxylic acids is 1. The zero-order valence-corrected chi connectivity index (χ0v) is 11.3. The summed E-state index contributed by atoms with van der Waals surface area (Å²) in [6, 6.07) is 11.1. The first-order valence-corrected chi connectivity index (χ1v) is 6.46. The van der Waals surface area contributed by atoms with E-state index in [1.807, 2.05) is 30.3 Å². The van der Waals surface area contributed by atoms with Crippen molar-refractivity contribution in [1.29, 1.82) is 0 Å². The maximum absolute atomic E-state index is 12.0. The maximum Gasteiger partial charge on any atom is 0.326 e. The van der Waals surface area contributed by atoms with E-state index >= 15 is 0 Å². The number of carboxylic acids is 1. The summed E-state index contributed by atoms with van der Waals surface area (Å²) in [6.45, 7) is 0.180. The first-order chi connectivity index (χ1) is 10.1. The minimum absolute atomic E-state index is 0.0507. The summed E-state index contributed by atoms with van der Waals surface area (Å²) in [5, 5.41) is 11.7. The molecule has 1 atom stereocenters. The van der Waals surface area contributed by atoms with Crippen LogP contribution in [0.1, 0.15) is 21.9 Å². The Kier molecular flexibility index (Phi) is 4.73. The van der Waals surface area contributed by atoms with E-state index < -0.39 is 17.9 Å². The number of hydrogen-bond donors (Lipinski definition) is 3. The smallest absolute Gasteiger partial charge is 0.326 e. The lowest BCUT2D eigenvalue weighted by Crippen LogP contribution is -2.42. The molecule has 6 nitrogen and oxygen atoms in total. The van der Waals surface area contributed by atoms with Gasteiger partial charge in [-0.05, 0) is 17.7 Å². The van der Waals surface area contributed by atoms with Gasteiger partial charge in [0.1, 0.15) is 11.8 Å². The maximum atomic E-state index is 12.0. The molecule has 0 bridgehead atoms. The molecule has 1 heterocycles. The summed E-state index contributed by atoms with van der Waals surface area (Å²) in [5.74, 6) is -1.15. The van der Waals surface area contributed by atoms with E-state index in [-0.39, 0.29) is 18.7 Å². The third kappa shape index (κ3) is 3.93. The lowest BCUT2D eigenvalue weighted by Gasteiger charge is -2.13. The van der Waals surface area contributed by atoms with Gasteiger partial charge in [-0.25, -0.2) is 4.79 Å². The average molecular weight is 288 g/mol. The molecule has 6 heteroatoms. The third-order valence-corrected chi connectivity index (χ3v) is 2.97. The predicted octanol–water partition coefficient (Wildman–Crippen LogP) is 1.16. The normalized spacial score (nSPS) is 11.9. The van der Waals surface area contributed by atoms with Crippen LogP contribution >= 0.6 is 0 Å². The van der Waals surface area contributed by atoms with Gasteiger partial charge in [-0.2, -0.15) is 0 Å². The number of carbonyl (C=O) groups is 2. The number of benzene rings is 1. The molecule has 0 saturated carbocycles. The number of amides is 1. The number of rotatable bonds is 6. The number of hydrogen-bond acceptors (Lipinski definition) is 4. The van der Waals surface area contributed by atoms with Crippen molar-refractivity contribution in [3.63, 3.8) is 0 Å². The molecule has 1 aromatic carbocycles. The van der Waals surface area contributed by atoms with Crippen molar-refractivity contribution in [1.82, 2.24) is 5.32 Å². The minimum Gasteiger partial charge on any atom is -0.480 e. The highest BCUT2D eigenvalue weighted by Gasteiger charge is 2.22. The molecule has 0 radical (unpaired) electrons. The molecule has 2 rings (SSSR count). The van der Waals surface area contributed by atoms with E-state index in [1.165, 1.54) is 6.07 Å². The van der Waals surface area contributed by atoms with Crippen molar-refractivity contribution < 1.29 is 19.1 Å². The number of furan rings is 1. The van der Waals surface area contributed by atoms with E-state index in [2.05, 4.69) is 5.32 Å². The van der Waals surface area contributed by atoms with Gasteiger partial charge in [-0.3, -0.25) is 4.79 Å². The average Bonchev–Trinajstić information content (AvgIpc) is 2.96. The second-order valence-corrected chi connectivity index (χ2v) is 4.52. The Bertz CT molecular complexity index is 622. The quantitative estimate of drug-likeness (QED) is 0.739. The molecular formula is C15H16N2O4. The van der Waals surface area contributed by atoms with Crippen LogP contribution in [0.2, 0.25) is 0 Å². The van der Waals surface area contributed by atoms with Crippen LogP contribution in [-0.4, -0.2) is 23.0 Å². The van der Waals surface area contributed by atoms with E-state index in [1.54, 1.807) is 6.07 Å². The van der Waals surface area contributed by atoms with Crippen LogP contribution in [0, 0.1) is 0 Å². The van der Waals surface area contributed by atoms with E-state index in [4.69, 9.17) is 10.2 Å². The predicted molar refractivity (Wildman–Crippen MR) is 75.6 cm³/mol. The Morgan fingerprint density at radius 2 is 1.90 bits per heavy atom. The molecule has 1 amide bonds. The fraction of sp³-hybridized carbons (Fsp3) is 0.200. The van der Waals surface area contributed by atoms with Crippen molar-refractivity contribution in [2.24, 2.45) is 5.73 Å². The number of nitrogens with two attached hydrogens (primary N) is 1. The molecule has 2 aromatic rings. The zero-order chi connectivity index (χ0) is 15.2. The number of carboxylic acid groups (broad SMARTS) is 1. The van der Waals surface area contributed by atoms with Crippen molar-refractivity contribution in [2.75, 3.05) is 0 Å². The molecular weight excluding hydrogens is 272 g/mol. The van der Waals surface area contributed by atoms with Crippen LogP contribution in [0.4, 0.5) is 0 Å². The van der Waals surface area contributed by atoms with Gasteiger partial charge in [-0.1, -0.05) is 30.3 Å². The number of carbonyl (C=O) groups excluding carboxylic acids is 1. The van der Waals surface area contributed by atoms with E-state index in [9.17, 15) is 14.7 Å². The Hall–Kier alpha value is -2.60. The van der Waals surface area contributed by atoms with Crippen molar-refractivity contribution in [2.45, 2.75) is 19.0 Å². The lowest BCUT2D eigenvalue weighted by atomic mass is 10.1. The SMILES string of the molecule is NCc1ccc(C(=O)N[C@@H](Cc2ccccc2)C(=O)O)o1. The fourth-order valence-electron chi connectivity index (χ4n) is 1.89. The summed E-state index contributed by atoms with van der Waals surface area (Å²) in [7, 11) is 0. The van der Waals surface area contributed by atoms with Gasteiger partial charge in [-0.15, -0.1) is 0 Å². The van der Waals surface area contributed by atoms with E-state index in [0.29, 0.717) is 5.76 Å². The van der Waals surface area contributed by atoms with Gasteiger partial charge in [0.05, 0.1) is 6.54 Å². The zero-order valence-electron chi connectivity index (χ0n) is 11.3. The van der Waals surface area contributed by atoms with Crippen molar-refractivity contribution in [3.8, 4) is 0 Å². The van der Waals surface area contributed by atoms with Gasteiger partial charge in [0, 0.05) is 6.42 Å².